The molecule has 3 aromatic rings. The van der Waals surface area contributed by atoms with Crippen LogP contribution in [0.2, 0.25) is 0 Å². The molecule has 7 aliphatic rings. The molecule has 1 amide bonds. The zero-order chi connectivity index (χ0) is 47.9. The minimum Gasteiger partial charge on any atom is -0.462 e. The highest BCUT2D eigenvalue weighted by molar-refractivity contribution is 6.07. The van der Waals surface area contributed by atoms with Gasteiger partial charge in [0.2, 0.25) is 5.91 Å². The normalized spacial score (nSPS) is 36.9. The Kier molecular flexibility index (Phi) is 12.1. The molecule has 0 unspecified atom stereocenters. The zero-order valence-electron chi connectivity index (χ0n) is 41.6. The Bertz CT molecular complexity index is 2450. The van der Waals surface area contributed by atoms with Gasteiger partial charge in [0.1, 0.15) is 11.9 Å². The summed E-state index contributed by atoms with van der Waals surface area (Å²) in [6.45, 7) is 22.2. The summed E-state index contributed by atoms with van der Waals surface area (Å²) in [6, 6.07) is 14.5. The molecule has 358 valence electrons. The van der Waals surface area contributed by atoms with E-state index in [4.69, 9.17) is 19.3 Å². The molecule has 6 aliphatic carbocycles. The Balaban J connectivity index is 0.00000183. The number of hydrogen-bond acceptors (Lipinski definition) is 8. The summed E-state index contributed by atoms with van der Waals surface area (Å²) in [4.78, 5) is 75.2. The molecule has 1 aromatic carbocycles. The van der Waals surface area contributed by atoms with Crippen LogP contribution < -0.4 is 0 Å². The summed E-state index contributed by atoms with van der Waals surface area (Å²) in [7, 11) is 0. The van der Waals surface area contributed by atoms with Gasteiger partial charge in [-0.3, -0.25) is 19.4 Å². The Hall–Kier alpha value is -4.69. The van der Waals surface area contributed by atoms with Crippen molar-refractivity contribution in [2.75, 3.05) is 6.54 Å². The third-order valence-electron chi connectivity index (χ3n) is 20.5. The van der Waals surface area contributed by atoms with E-state index >= 15 is 4.79 Å². The van der Waals surface area contributed by atoms with Gasteiger partial charge in [-0.25, -0.2) is 4.98 Å². The van der Waals surface area contributed by atoms with Gasteiger partial charge >= 0.3 is 12.1 Å². The highest BCUT2D eigenvalue weighted by Crippen LogP contribution is 2.77. The van der Waals surface area contributed by atoms with E-state index in [-0.39, 0.29) is 80.8 Å². The number of aromatic nitrogens is 3. The summed E-state index contributed by atoms with van der Waals surface area (Å²) < 4.78 is 6.71. The molecule has 3 heterocycles. The second-order valence-corrected chi connectivity index (χ2v) is 24.2. The molecule has 0 radical (unpaired) electrons. The molecule has 11 atom stereocenters. The maximum Gasteiger partial charge on any atom is 0.373 e. The number of imidazole rings is 1. The van der Waals surface area contributed by atoms with Crippen LogP contribution in [0.5, 0.6) is 0 Å². The van der Waals surface area contributed by atoms with Crippen molar-refractivity contribution in [2.45, 2.75) is 158 Å². The molecule has 0 bridgehead atoms. The Morgan fingerprint density at radius 3 is 2.28 bits per heavy atom. The SMILES string of the molecule is CC(C)C1=C2[C@H]3CC[C@@H]4[C@@]5(C)CC[C@H](OC(=O)[C@H]6C[C@@H](Cc7ccccc7)C6(C)C)C(C)(C)[C@@H]5CC[C@@]4(C)[C@]3(C)CC[C@@]2(C(=O)N2CCC[C@H]2c2ncc(-c3cccnc3)[nH]2)CC1=O.O=C=O. The molecule has 0 spiro atoms. The van der Waals surface area contributed by atoms with Gasteiger partial charge in [-0.2, -0.15) is 9.59 Å². The van der Waals surface area contributed by atoms with Crippen LogP contribution in [0, 0.1) is 68.0 Å². The standard InChI is InChI=1S/C56H74N4O4.CO2/c1-34(2)46-42(61)31-56(50(63)60-28-14-18-41(60)48-58-33-40(59-48)36-17-13-27-57-32-36)26-25-54(8)38(47(46)56)19-20-44-53(7)23-22-45(52(5,6)43(53)21-24-55(44,54)9)64-49(62)39-30-37(51(39,3)4)29-35-15-11-10-12-16-35;2-1-3/h10-13,15-17,27,32-34,37-39,41,43-45H,14,18-26,28-31H2,1-9H3,(H,58,59);/t37-,38-,39-,41+,43+,44-,45+,53+,54-,55-,56-;/m1./s1. The first-order chi connectivity index (χ1) is 31.8. The number of nitrogens with one attached hydrogen (secondary N) is 1. The van der Waals surface area contributed by atoms with Gasteiger partial charge in [0, 0.05) is 36.3 Å². The lowest BCUT2D eigenvalue weighted by atomic mass is 9.33. The summed E-state index contributed by atoms with van der Waals surface area (Å²) in [5, 5.41) is 0. The summed E-state index contributed by atoms with van der Waals surface area (Å²) in [5.74, 6) is 2.84. The van der Waals surface area contributed by atoms with Crippen molar-refractivity contribution in [1.29, 1.82) is 0 Å². The van der Waals surface area contributed by atoms with Crippen LogP contribution in [0.1, 0.15) is 157 Å². The van der Waals surface area contributed by atoms with Crippen molar-refractivity contribution in [2.24, 2.45) is 68.0 Å². The first-order valence-electron chi connectivity index (χ1n) is 25.6. The number of carbonyl (C=O) groups excluding carboxylic acids is 5. The number of esters is 1. The van der Waals surface area contributed by atoms with E-state index < -0.39 is 5.41 Å². The van der Waals surface area contributed by atoms with Gasteiger partial charge in [-0.05, 0) is 157 Å². The lowest BCUT2D eigenvalue weighted by Gasteiger charge is -2.72. The number of hydrogen-bond donors (Lipinski definition) is 1. The van der Waals surface area contributed by atoms with Crippen LogP contribution >= 0.6 is 0 Å². The van der Waals surface area contributed by atoms with Gasteiger partial charge in [-0.1, -0.05) is 92.6 Å². The average molecular weight is 911 g/mol. The number of Topliss-reactive ketones (excluding diaryl/α,β-unsaturated/α-hetero) is 1. The number of rotatable bonds is 8. The quantitative estimate of drug-likeness (QED) is 0.220. The minimum absolute atomic E-state index is 0.0177. The van der Waals surface area contributed by atoms with E-state index in [1.54, 1.807) is 6.20 Å². The number of H-pyrrole nitrogens is 1. The topological polar surface area (TPSA) is 139 Å². The fourth-order valence-corrected chi connectivity index (χ4v) is 16.7. The second-order valence-electron chi connectivity index (χ2n) is 24.2. The van der Waals surface area contributed by atoms with Crippen LogP contribution in [-0.2, 0) is 35.1 Å². The van der Waals surface area contributed by atoms with Crippen LogP contribution in [-0.4, -0.2) is 56.3 Å². The number of carbonyl (C=O) groups is 3. The maximum absolute atomic E-state index is 15.6. The predicted molar refractivity (Wildman–Crippen MR) is 255 cm³/mol. The van der Waals surface area contributed by atoms with Gasteiger partial charge in [0.05, 0.1) is 29.3 Å². The molecular formula is C57H74N4O6. The van der Waals surface area contributed by atoms with Crippen molar-refractivity contribution in [1.82, 2.24) is 19.9 Å². The lowest BCUT2D eigenvalue weighted by Crippen LogP contribution is -2.66. The van der Waals surface area contributed by atoms with Crippen molar-refractivity contribution in [3.05, 3.63) is 83.6 Å². The van der Waals surface area contributed by atoms with Gasteiger partial charge in [0.25, 0.3) is 0 Å². The van der Waals surface area contributed by atoms with E-state index in [1.165, 1.54) is 11.1 Å². The van der Waals surface area contributed by atoms with Crippen LogP contribution in [0.15, 0.2) is 72.2 Å². The second kappa shape index (κ2) is 17.1. The summed E-state index contributed by atoms with van der Waals surface area (Å²) in [6.07, 6.45) is 17.7. The highest BCUT2D eigenvalue weighted by Gasteiger charge is 2.71. The molecule has 1 N–H and O–H groups in total. The van der Waals surface area contributed by atoms with Crippen molar-refractivity contribution < 1.29 is 28.7 Å². The fourth-order valence-electron chi connectivity index (χ4n) is 16.7. The smallest absolute Gasteiger partial charge is 0.373 e. The first-order valence-corrected chi connectivity index (χ1v) is 25.6. The van der Waals surface area contributed by atoms with E-state index in [0.29, 0.717) is 30.7 Å². The molecule has 1 saturated heterocycles. The van der Waals surface area contributed by atoms with Crippen molar-refractivity contribution >= 4 is 23.8 Å². The molecule has 2 aromatic heterocycles. The third kappa shape index (κ3) is 7.26. The van der Waals surface area contributed by atoms with Crippen LogP contribution in [0.3, 0.4) is 0 Å². The number of nitrogens with zero attached hydrogens (tertiary/aromatic N) is 3. The zero-order valence-corrected chi connectivity index (χ0v) is 41.6. The fraction of sp³-hybridized carbons (Fsp3) is 0.649. The maximum atomic E-state index is 15.6. The minimum atomic E-state index is -0.785. The Morgan fingerprint density at radius 2 is 1.60 bits per heavy atom. The Labute approximate surface area is 398 Å². The van der Waals surface area contributed by atoms with Gasteiger partial charge in [-0.15, -0.1) is 0 Å². The predicted octanol–water partition coefficient (Wildman–Crippen LogP) is 11.3. The lowest BCUT2D eigenvalue weighted by molar-refractivity contribution is -0.236. The van der Waals surface area contributed by atoms with E-state index in [1.807, 2.05) is 24.5 Å². The largest absolute Gasteiger partial charge is 0.462 e. The molecule has 1 aliphatic heterocycles. The van der Waals surface area contributed by atoms with E-state index in [0.717, 1.165) is 99.7 Å². The van der Waals surface area contributed by atoms with E-state index in [9.17, 15) is 9.59 Å². The summed E-state index contributed by atoms with van der Waals surface area (Å²) in [5.41, 5.74) is 4.51. The molecule has 6 fully saturated rings. The van der Waals surface area contributed by atoms with Crippen molar-refractivity contribution in [3.63, 3.8) is 0 Å². The van der Waals surface area contributed by atoms with Crippen molar-refractivity contribution in [3.8, 4) is 11.3 Å². The number of ketones is 1. The first kappa shape index (κ1) is 47.4. The van der Waals surface area contributed by atoms with Gasteiger partial charge in [0.15, 0.2) is 5.78 Å². The molecule has 10 rings (SSSR count). The number of aromatic amines is 1. The molecular weight excluding hydrogens is 837 g/mol. The number of benzene rings is 1. The van der Waals surface area contributed by atoms with Gasteiger partial charge < -0.3 is 14.6 Å². The highest BCUT2D eigenvalue weighted by atomic mass is 16.5. The number of pyridine rings is 1. The van der Waals surface area contributed by atoms with Crippen LogP contribution in [0.25, 0.3) is 11.3 Å². The summed E-state index contributed by atoms with van der Waals surface area (Å²) >= 11 is 0. The number of fused-ring (bicyclic) bond motifs is 7. The number of ether oxygens (including phenoxy) is 1. The number of amides is 1. The van der Waals surface area contributed by atoms with E-state index in [2.05, 4.69) is 108 Å². The average Bonchev–Trinajstić information content (AvgIpc) is 4.05. The molecule has 10 heteroatoms. The Morgan fingerprint density at radius 1 is 0.851 bits per heavy atom. The third-order valence-corrected chi connectivity index (χ3v) is 20.5. The molecule has 5 saturated carbocycles. The molecule has 10 nitrogen and oxygen atoms in total. The molecule has 67 heavy (non-hydrogen) atoms. The number of likely N-dealkylation sites (tertiary alicyclic amines) is 1. The van der Waals surface area contributed by atoms with Crippen LogP contribution in [0.4, 0.5) is 0 Å². The monoisotopic (exact) mass is 911 g/mol. The number of allylic oxidation sites excluding steroid dienone is 1.